The molecular formula is C15H22O7. The lowest BCUT2D eigenvalue weighted by molar-refractivity contribution is -0.177. The maximum atomic E-state index is 12.3. The Morgan fingerprint density at radius 2 is 1.50 bits per heavy atom. The Labute approximate surface area is 129 Å². The van der Waals surface area contributed by atoms with Gasteiger partial charge in [-0.1, -0.05) is 0 Å². The van der Waals surface area contributed by atoms with E-state index >= 15 is 0 Å². The van der Waals surface area contributed by atoms with E-state index in [1.165, 1.54) is 0 Å². The zero-order valence-corrected chi connectivity index (χ0v) is 13.2. The fourth-order valence-corrected chi connectivity index (χ4v) is 2.53. The standard InChI is InChI=1S/C15H22O7/c1-4-20-12(17)10-9-15(8-7-11(10)16,13(18)21-5-2)14(19)22-6-3/h10H,4-9H2,1-3H3/t10-/m1/s1. The van der Waals surface area contributed by atoms with E-state index in [2.05, 4.69) is 0 Å². The van der Waals surface area contributed by atoms with E-state index < -0.39 is 29.2 Å². The molecule has 1 rings (SSSR count). The van der Waals surface area contributed by atoms with E-state index in [1.807, 2.05) is 0 Å². The lowest BCUT2D eigenvalue weighted by Gasteiger charge is -2.34. The molecule has 7 heteroatoms. The summed E-state index contributed by atoms with van der Waals surface area (Å²) in [7, 11) is 0. The average Bonchev–Trinajstić information content (AvgIpc) is 2.48. The molecule has 0 saturated heterocycles. The normalized spacial score (nSPS) is 20.1. The molecule has 124 valence electrons. The summed E-state index contributed by atoms with van der Waals surface area (Å²) in [4.78, 5) is 48.4. The number of ketones is 1. The Morgan fingerprint density at radius 3 is 1.95 bits per heavy atom. The van der Waals surface area contributed by atoms with Crippen molar-refractivity contribution in [3.05, 3.63) is 0 Å². The van der Waals surface area contributed by atoms with Crippen molar-refractivity contribution in [3.63, 3.8) is 0 Å². The van der Waals surface area contributed by atoms with E-state index in [1.54, 1.807) is 20.8 Å². The molecule has 22 heavy (non-hydrogen) atoms. The van der Waals surface area contributed by atoms with Crippen molar-refractivity contribution in [1.82, 2.24) is 0 Å². The second-order valence-electron chi connectivity index (χ2n) is 5.00. The van der Waals surface area contributed by atoms with E-state index in [4.69, 9.17) is 14.2 Å². The number of esters is 3. The molecule has 0 amide bonds. The van der Waals surface area contributed by atoms with Gasteiger partial charge in [-0.2, -0.15) is 0 Å². The molecule has 1 aliphatic rings. The number of ether oxygens (including phenoxy) is 3. The summed E-state index contributed by atoms with van der Waals surface area (Å²) >= 11 is 0. The van der Waals surface area contributed by atoms with Crippen LogP contribution in [0.2, 0.25) is 0 Å². The lowest BCUT2D eigenvalue weighted by atomic mass is 9.69. The van der Waals surface area contributed by atoms with Crippen molar-refractivity contribution in [3.8, 4) is 0 Å². The Kier molecular flexibility index (Phi) is 6.52. The minimum Gasteiger partial charge on any atom is -0.465 e. The van der Waals surface area contributed by atoms with Crippen LogP contribution in [-0.2, 0) is 33.4 Å². The van der Waals surface area contributed by atoms with Gasteiger partial charge >= 0.3 is 17.9 Å². The summed E-state index contributed by atoms with van der Waals surface area (Å²) in [5.74, 6) is -3.69. The third-order valence-corrected chi connectivity index (χ3v) is 3.64. The topological polar surface area (TPSA) is 96.0 Å². The van der Waals surface area contributed by atoms with Crippen LogP contribution in [0.4, 0.5) is 0 Å². The molecule has 1 fully saturated rings. The minimum absolute atomic E-state index is 0.0145. The van der Waals surface area contributed by atoms with Crippen LogP contribution in [0.15, 0.2) is 0 Å². The number of Topliss-reactive ketones (excluding diaryl/α,β-unsaturated/α-hetero) is 1. The first-order valence-corrected chi connectivity index (χ1v) is 7.46. The second kappa shape index (κ2) is 7.91. The first-order chi connectivity index (χ1) is 10.4. The lowest BCUT2D eigenvalue weighted by Crippen LogP contribution is -2.49. The molecule has 0 aromatic heterocycles. The van der Waals surface area contributed by atoms with Crippen LogP contribution in [0.1, 0.15) is 40.0 Å². The van der Waals surface area contributed by atoms with Crippen LogP contribution >= 0.6 is 0 Å². The zero-order valence-electron chi connectivity index (χ0n) is 13.2. The highest BCUT2D eigenvalue weighted by atomic mass is 16.6. The third-order valence-electron chi connectivity index (χ3n) is 3.64. The predicted molar refractivity (Wildman–Crippen MR) is 74.7 cm³/mol. The highest BCUT2D eigenvalue weighted by Crippen LogP contribution is 2.40. The minimum atomic E-state index is -1.61. The SMILES string of the molecule is CCOC(=O)[C@@H]1CC(C(=O)OCC)(C(=O)OCC)CCC1=O. The summed E-state index contributed by atoms with van der Waals surface area (Å²) in [6.07, 6.45) is -0.344. The predicted octanol–water partition coefficient (Wildman–Crippen LogP) is 1.03. The summed E-state index contributed by atoms with van der Waals surface area (Å²) in [5, 5.41) is 0. The molecule has 1 saturated carbocycles. The summed E-state index contributed by atoms with van der Waals surface area (Å²) < 4.78 is 14.8. The molecule has 0 aromatic rings. The third kappa shape index (κ3) is 3.64. The van der Waals surface area contributed by atoms with Crippen molar-refractivity contribution in [2.24, 2.45) is 11.3 Å². The van der Waals surface area contributed by atoms with Gasteiger partial charge in [0, 0.05) is 6.42 Å². The van der Waals surface area contributed by atoms with Crippen LogP contribution in [0.3, 0.4) is 0 Å². The average molecular weight is 314 g/mol. The molecule has 0 bridgehead atoms. The summed E-state index contributed by atoms with van der Waals surface area (Å²) in [5.41, 5.74) is -1.61. The molecule has 0 aliphatic heterocycles. The van der Waals surface area contributed by atoms with Gasteiger partial charge in [-0.3, -0.25) is 19.2 Å². The van der Waals surface area contributed by atoms with E-state index in [0.29, 0.717) is 0 Å². The molecule has 0 aromatic carbocycles. The van der Waals surface area contributed by atoms with Crippen molar-refractivity contribution >= 4 is 23.7 Å². The smallest absolute Gasteiger partial charge is 0.323 e. The van der Waals surface area contributed by atoms with Gasteiger partial charge in [-0.25, -0.2) is 0 Å². The maximum Gasteiger partial charge on any atom is 0.323 e. The van der Waals surface area contributed by atoms with Gasteiger partial charge in [0.05, 0.1) is 19.8 Å². The van der Waals surface area contributed by atoms with Gasteiger partial charge in [-0.05, 0) is 33.6 Å². The Bertz CT molecular complexity index is 437. The van der Waals surface area contributed by atoms with Crippen LogP contribution in [0, 0.1) is 11.3 Å². The monoisotopic (exact) mass is 314 g/mol. The van der Waals surface area contributed by atoms with Crippen molar-refractivity contribution in [1.29, 1.82) is 0 Å². The van der Waals surface area contributed by atoms with E-state index in [0.717, 1.165) is 0 Å². The largest absolute Gasteiger partial charge is 0.465 e. The highest BCUT2D eigenvalue weighted by molar-refractivity contribution is 6.06. The van der Waals surface area contributed by atoms with Crippen molar-refractivity contribution in [2.45, 2.75) is 40.0 Å². The second-order valence-corrected chi connectivity index (χ2v) is 5.00. The van der Waals surface area contributed by atoms with Gasteiger partial charge in [0.2, 0.25) is 0 Å². The Morgan fingerprint density at radius 1 is 1.00 bits per heavy atom. The molecule has 0 heterocycles. The van der Waals surface area contributed by atoms with Gasteiger partial charge in [0.25, 0.3) is 0 Å². The van der Waals surface area contributed by atoms with Crippen LogP contribution < -0.4 is 0 Å². The molecule has 1 aliphatic carbocycles. The van der Waals surface area contributed by atoms with Gasteiger partial charge < -0.3 is 14.2 Å². The highest BCUT2D eigenvalue weighted by Gasteiger charge is 2.55. The fourth-order valence-electron chi connectivity index (χ4n) is 2.53. The molecular weight excluding hydrogens is 292 g/mol. The fraction of sp³-hybridized carbons (Fsp3) is 0.733. The molecule has 0 N–H and O–H groups in total. The number of carbonyl (C=O) groups excluding carboxylic acids is 4. The zero-order chi connectivity index (χ0) is 16.8. The number of hydrogen-bond donors (Lipinski definition) is 0. The quantitative estimate of drug-likeness (QED) is 0.410. The van der Waals surface area contributed by atoms with E-state index in [-0.39, 0.29) is 44.9 Å². The first kappa shape index (κ1) is 18.1. The molecule has 0 radical (unpaired) electrons. The number of rotatable bonds is 6. The van der Waals surface area contributed by atoms with Crippen LogP contribution in [0.25, 0.3) is 0 Å². The van der Waals surface area contributed by atoms with Crippen LogP contribution in [0.5, 0.6) is 0 Å². The molecule has 0 unspecified atom stereocenters. The first-order valence-electron chi connectivity index (χ1n) is 7.46. The van der Waals surface area contributed by atoms with E-state index in [9.17, 15) is 19.2 Å². The van der Waals surface area contributed by atoms with Gasteiger partial charge in [-0.15, -0.1) is 0 Å². The van der Waals surface area contributed by atoms with Crippen molar-refractivity contribution in [2.75, 3.05) is 19.8 Å². The van der Waals surface area contributed by atoms with Crippen molar-refractivity contribution < 1.29 is 33.4 Å². The number of hydrogen-bond acceptors (Lipinski definition) is 7. The number of carbonyl (C=O) groups is 4. The van der Waals surface area contributed by atoms with Gasteiger partial charge in [0.1, 0.15) is 11.7 Å². The Hall–Kier alpha value is -1.92. The molecule has 7 nitrogen and oxygen atoms in total. The molecule has 0 spiro atoms. The summed E-state index contributed by atoms with van der Waals surface area (Å²) in [6.45, 7) is 5.17. The summed E-state index contributed by atoms with van der Waals surface area (Å²) in [6, 6.07) is 0. The van der Waals surface area contributed by atoms with Gasteiger partial charge in [0.15, 0.2) is 5.41 Å². The molecule has 1 atom stereocenters. The van der Waals surface area contributed by atoms with Crippen LogP contribution in [-0.4, -0.2) is 43.5 Å². The Balaban J connectivity index is 3.10. The maximum absolute atomic E-state index is 12.3.